The van der Waals surface area contributed by atoms with Crippen molar-refractivity contribution in [2.75, 3.05) is 13.7 Å². The number of carbonyl (C=O) groups is 1. The topological polar surface area (TPSA) is 104 Å². The molecule has 0 unspecified atom stereocenters. The van der Waals surface area contributed by atoms with Crippen molar-refractivity contribution in [2.45, 2.75) is 27.4 Å². The van der Waals surface area contributed by atoms with Gasteiger partial charge < -0.3 is 23.5 Å². The van der Waals surface area contributed by atoms with E-state index < -0.39 is 5.97 Å². The summed E-state index contributed by atoms with van der Waals surface area (Å²) in [5.74, 6) is 1.77. The number of rotatable bonds is 9. The molecule has 0 aliphatic heterocycles. The second-order valence-electron chi connectivity index (χ2n) is 6.96. The van der Waals surface area contributed by atoms with Crippen LogP contribution >= 0.6 is 0 Å². The molecule has 0 radical (unpaired) electrons. The van der Waals surface area contributed by atoms with E-state index in [4.69, 9.17) is 28.7 Å². The van der Waals surface area contributed by atoms with Gasteiger partial charge in [0.2, 0.25) is 0 Å². The molecule has 1 heterocycles. The van der Waals surface area contributed by atoms with Crippen LogP contribution in [0.4, 0.5) is 0 Å². The fourth-order valence-corrected chi connectivity index (χ4v) is 3.00. The molecule has 0 amide bonds. The van der Waals surface area contributed by atoms with Crippen LogP contribution in [0.5, 0.6) is 23.0 Å². The molecule has 0 bridgehead atoms. The number of aryl methyl sites for hydroxylation is 2. The van der Waals surface area contributed by atoms with Crippen molar-refractivity contribution in [3.8, 4) is 29.1 Å². The van der Waals surface area contributed by atoms with Gasteiger partial charge in [0.15, 0.2) is 23.0 Å². The Labute approximate surface area is 191 Å². The van der Waals surface area contributed by atoms with E-state index in [2.05, 4.69) is 5.16 Å². The number of esters is 1. The molecule has 1 aromatic heterocycles. The number of ether oxygens (including phenoxy) is 4. The summed E-state index contributed by atoms with van der Waals surface area (Å²) >= 11 is 0. The van der Waals surface area contributed by atoms with E-state index >= 15 is 0 Å². The van der Waals surface area contributed by atoms with Crippen molar-refractivity contribution in [2.24, 2.45) is 0 Å². The summed E-state index contributed by atoms with van der Waals surface area (Å²) in [6.45, 7) is 6.16. The van der Waals surface area contributed by atoms with Crippen LogP contribution in [0.15, 0.2) is 47.0 Å². The Bertz CT molecular complexity index is 1190. The fraction of sp³-hybridized carbons (Fsp3) is 0.240. The minimum Gasteiger partial charge on any atom is -0.493 e. The molecular weight excluding hydrogens is 424 g/mol. The lowest BCUT2D eigenvalue weighted by molar-refractivity contribution is -0.129. The Kier molecular flexibility index (Phi) is 7.71. The average molecular weight is 448 g/mol. The molecule has 3 rings (SSSR count). The predicted octanol–water partition coefficient (Wildman–Crippen LogP) is 4.77. The molecule has 0 spiro atoms. The number of methoxy groups -OCH3 is 1. The molecule has 8 nitrogen and oxygen atoms in total. The minimum atomic E-state index is -0.585. The zero-order valence-corrected chi connectivity index (χ0v) is 18.9. The predicted molar refractivity (Wildman–Crippen MR) is 120 cm³/mol. The van der Waals surface area contributed by atoms with Gasteiger partial charge in [-0.2, -0.15) is 5.26 Å². The monoisotopic (exact) mass is 448 g/mol. The Balaban J connectivity index is 1.68. The van der Waals surface area contributed by atoms with Crippen LogP contribution in [0.3, 0.4) is 0 Å². The minimum absolute atomic E-state index is 0.242. The van der Waals surface area contributed by atoms with Crippen molar-refractivity contribution >= 4 is 12.0 Å². The quantitative estimate of drug-likeness (QED) is 0.262. The lowest BCUT2D eigenvalue weighted by atomic mass is 10.2. The first kappa shape index (κ1) is 23.4. The van der Waals surface area contributed by atoms with Crippen molar-refractivity contribution in [1.29, 1.82) is 5.26 Å². The van der Waals surface area contributed by atoms with Gasteiger partial charge >= 0.3 is 5.97 Å². The van der Waals surface area contributed by atoms with E-state index in [-0.39, 0.29) is 5.75 Å². The van der Waals surface area contributed by atoms with Crippen LogP contribution in [0.25, 0.3) is 6.08 Å². The molecule has 0 fully saturated rings. The molecule has 0 atom stereocenters. The van der Waals surface area contributed by atoms with E-state index in [0.29, 0.717) is 41.8 Å². The molecular formula is C25H24N2O6. The zero-order chi connectivity index (χ0) is 23.8. The Morgan fingerprint density at radius 3 is 2.55 bits per heavy atom. The van der Waals surface area contributed by atoms with E-state index in [1.165, 1.54) is 18.2 Å². The number of benzene rings is 2. The molecule has 33 heavy (non-hydrogen) atoms. The van der Waals surface area contributed by atoms with Gasteiger partial charge in [0.25, 0.3) is 0 Å². The number of nitrogens with zero attached hydrogens (tertiary/aromatic N) is 2. The molecule has 0 saturated carbocycles. The first-order chi connectivity index (χ1) is 15.9. The molecule has 0 aliphatic carbocycles. The summed E-state index contributed by atoms with van der Waals surface area (Å²) in [5.41, 5.74) is 2.80. The summed E-state index contributed by atoms with van der Waals surface area (Å²) in [4.78, 5) is 12.3. The van der Waals surface area contributed by atoms with Gasteiger partial charge in [-0.25, -0.2) is 4.79 Å². The third-order valence-corrected chi connectivity index (χ3v) is 4.74. The number of aromatic nitrogens is 1. The van der Waals surface area contributed by atoms with Gasteiger partial charge in [0.1, 0.15) is 12.4 Å². The van der Waals surface area contributed by atoms with E-state index in [1.807, 2.05) is 19.9 Å². The third-order valence-electron chi connectivity index (χ3n) is 4.74. The molecule has 0 N–H and O–H groups in total. The maximum absolute atomic E-state index is 12.3. The van der Waals surface area contributed by atoms with Gasteiger partial charge in [0, 0.05) is 12.1 Å². The first-order valence-electron chi connectivity index (χ1n) is 10.2. The van der Waals surface area contributed by atoms with Crippen molar-refractivity contribution < 1.29 is 28.3 Å². The van der Waals surface area contributed by atoms with Gasteiger partial charge in [-0.15, -0.1) is 0 Å². The molecule has 2 aromatic carbocycles. The SMILES string of the molecule is CCOc1cc(C#N)ccc1OC(=O)/C=C/c1ccc(OCc2c(C)noc2C)c(OC)c1. The fourth-order valence-electron chi connectivity index (χ4n) is 3.00. The smallest absolute Gasteiger partial charge is 0.336 e. The highest BCUT2D eigenvalue weighted by Gasteiger charge is 2.13. The van der Waals surface area contributed by atoms with E-state index in [1.54, 1.807) is 44.4 Å². The summed E-state index contributed by atoms with van der Waals surface area (Å²) in [5, 5.41) is 12.9. The second-order valence-corrected chi connectivity index (χ2v) is 6.96. The summed E-state index contributed by atoms with van der Waals surface area (Å²) < 4.78 is 27.3. The van der Waals surface area contributed by atoms with Gasteiger partial charge in [0.05, 0.1) is 36.6 Å². The Morgan fingerprint density at radius 1 is 1.09 bits per heavy atom. The number of hydrogen-bond acceptors (Lipinski definition) is 8. The highest BCUT2D eigenvalue weighted by atomic mass is 16.6. The van der Waals surface area contributed by atoms with E-state index in [9.17, 15) is 4.79 Å². The third kappa shape index (κ3) is 5.92. The van der Waals surface area contributed by atoms with Crippen LogP contribution in [0.2, 0.25) is 0 Å². The maximum Gasteiger partial charge on any atom is 0.336 e. The number of nitriles is 1. The lowest BCUT2D eigenvalue weighted by Crippen LogP contribution is -2.06. The molecule has 0 saturated heterocycles. The van der Waals surface area contributed by atoms with Crippen LogP contribution in [-0.4, -0.2) is 24.8 Å². The molecule has 170 valence electrons. The average Bonchev–Trinajstić information content (AvgIpc) is 3.14. The highest BCUT2D eigenvalue weighted by Crippen LogP contribution is 2.31. The zero-order valence-electron chi connectivity index (χ0n) is 18.9. The van der Waals surface area contributed by atoms with Gasteiger partial charge in [-0.05, 0) is 56.7 Å². The largest absolute Gasteiger partial charge is 0.493 e. The second kappa shape index (κ2) is 10.9. The van der Waals surface area contributed by atoms with Crippen molar-refractivity contribution in [3.05, 3.63) is 70.6 Å². The Hall–Kier alpha value is -4.25. The Morgan fingerprint density at radius 2 is 1.88 bits per heavy atom. The van der Waals surface area contributed by atoms with Crippen LogP contribution in [-0.2, 0) is 11.4 Å². The number of carbonyl (C=O) groups excluding carboxylic acids is 1. The molecule has 0 aliphatic rings. The highest BCUT2D eigenvalue weighted by molar-refractivity contribution is 5.89. The molecule has 3 aromatic rings. The standard InChI is InChI=1S/C25H24N2O6/c1-5-30-24-13-19(14-26)7-10-22(24)32-25(28)11-8-18-6-9-21(23(12-18)29-4)31-15-20-16(2)27-33-17(20)3/h6-13H,5,15H2,1-4H3/b11-8+. The lowest BCUT2D eigenvalue weighted by Gasteiger charge is -2.11. The number of hydrogen-bond donors (Lipinski definition) is 0. The summed E-state index contributed by atoms with van der Waals surface area (Å²) in [6, 6.07) is 11.9. The summed E-state index contributed by atoms with van der Waals surface area (Å²) in [6.07, 6.45) is 2.90. The molecule has 8 heteroatoms. The first-order valence-corrected chi connectivity index (χ1v) is 10.2. The maximum atomic E-state index is 12.3. The van der Waals surface area contributed by atoms with Crippen molar-refractivity contribution in [3.63, 3.8) is 0 Å². The van der Waals surface area contributed by atoms with Crippen LogP contribution in [0, 0.1) is 25.2 Å². The van der Waals surface area contributed by atoms with Crippen molar-refractivity contribution in [1.82, 2.24) is 5.16 Å². The summed E-state index contributed by atoms with van der Waals surface area (Å²) in [7, 11) is 1.54. The van der Waals surface area contributed by atoms with Crippen LogP contribution in [0.1, 0.15) is 35.1 Å². The van der Waals surface area contributed by atoms with Gasteiger partial charge in [-0.1, -0.05) is 11.2 Å². The van der Waals surface area contributed by atoms with E-state index in [0.717, 1.165) is 16.8 Å². The van der Waals surface area contributed by atoms with Gasteiger partial charge in [-0.3, -0.25) is 0 Å². The van der Waals surface area contributed by atoms with Crippen LogP contribution < -0.4 is 18.9 Å². The normalized spacial score (nSPS) is 10.6.